The molecule has 0 fully saturated rings. The van der Waals surface area contributed by atoms with E-state index in [1.165, 1.54) is 109 Å². The maximum absolute atomic E-state index is 2.63. The molecular weight excluding hydrogens is 701 g/mol. The molecule has 12 rings (SSSR count). The van der Waals surface area contributed by atoms with Gasteiger partial charge in [-0.3, -0.25) is 0 Å². The maximum atomic E-state index is 2.63. The first-order valence-electron chi connectivity index (χ1n) is 20.4. The van der Waals surface area contributed by atoms with Crippen LogP contribution in [0.1, 0.15) is 17.5 Å². The number of hydrogen-bond donors (Lipinski definition) is 0. The zero-order valence-corrected chi connectivity index (χ0v) is 33.2. The van der Waals surface area contributed by atoms with Crippen LogP contribution in [0, 0.1) is 0 Å². The normalized spacial score (nSPS) is 14.1. The van der Waals surface area contributed by atoms with Crippen LogP contribution in [-0.4, -0.2) is 8.07 Å². The summed E-state index contributed by atoms with van der Waals surface area (Å²) in [4.78, 5) is 0. The molecule has 0 N–H and O–H groups in total. The van der Waals surface area contributed by atoms with Crippen LogP contribution in [-0.2, 0) is 6.42 Å². The molecule has 10 aromatic rings. The summed E-state index contributed by atoms with van der Waals surface area (Å²) in [6.45, 7) is 5.09. The number of rotatable bonds is 3. The Morgan fingerprint density at radius 1 is 0.386 bits per heavy atom. The average Bonchev–Trinajstić information content (AvgIpc) is 3.48. The van der Waals surface area contributed by atoms with E-state index < -0.39 is 8.07 Å². The lowest BCUT2D eigenvalue weighted by Gasteiger charge is -2.23. The second kappa shape index (κ2) is 12.2. The Morgan fingerprint density at radius 2 is 1.05 bits per heavy atom. The molecule has 1 aliphatic carbocycles. The van der Waals surface area contributed by atoms with Gasteiger partial charge in [0.2, 0.25) is 0 Å². The van der Waals surface area contributed by atoms with Gasteiger partial charge in [0.1, 0.15) is 8.07 Å². The SMILES string of the molecule is C[Si]1(C)c2ccccc2-c2cc3c(-c4ccc5ccccc5c4)c4ccc(-c5cc6ccccc6c6ccccc56)cc4c(-c4ccc5c(c4)CCC=C5)c3cc21. The smallest absolute Gasteiger partial charge is 0.0836 e. The first kappa shape index (κ1) is 32.7. The summed E-state index contributed by atoms with van der Waals surface area (Å²) in [7, 11) is -1.98. The highest BCUT2D eigenvalue weighted by Crippen LogP contribution is 2.48. The van der Waals surface area contributed by atoms with Gasteiger partial charge in [-0.1, -0.05) is 171 Å². The van der Waals surface area contributed by atoms with Gasteiger partial charge in [-0.25, -0.2) is 0 Å². The van der Waals surface area contributed by atoms with Crippen LogP contribution in [0.15, 0.2) is 176 Å². The summed E-state index contributed by atoms with van der Waals surface area (Å²) in [5.41, 5.74) is 13.4. The van der Waals surface area contributed by atoms with Gasteiger partial charge in [-0.15, -0.1) is 0 Å². The monoisotopic (exact) mass is 740 g/mol. The maximum Gasteiger partial charge on any atom is 0.113 e. The molecular formula is C56H40Si. The molecule has 1 heteroatoms. The lowest BCUT2D eigenvalue weighted by Crippen LogP contribution is -2.49. The van der Waals surface area contributed by atoms with Crippen molar-refractivity contribution in [3.8, 4) is 44.5 Å². The van der Waals surface area contributed by atoms with Gasteiger partial charge in [0.25, 0.3) is 0 Å². The third-order valence-electron chi connectivity index (χ3n) is 13.2. The minimum absolute atomic E-state index is 1.07. The van der Waals surface area contributed by atoms with E-state index in [4.69, 9.17) is 0 Å². The summed E-state index contributed by atoms with van der Waals surface area (Å²) >= 11 is 0. The lowest BCUT2D eigenvalue weighted by molar-refractivity contribution is 0.986. The van der Waals surface area contributed by atoms with Gasteiger partial charge in [-0.05, 0) is 157 Å². The number of hydrogen-bond acceptors (Lipinski definition) is 0. The van der Waals surface area contributed by atoms with Gasteiger partial charge >= 0.3 is 0 Å². The van der Waals surface area contributed by atoms with Gasteiger partial charge in [0.05, 0.1) is 0 Å². The summed E-state index contributed by atoms with van der Waals surface area (Å²) in [6, 6.07) is 65.0. The highest BCUT2D eigenvalue weighted by Gasteiger charge is 2.38. The van der Waals surface area contributed by atoms with Gasteiger partial charge in [0.15, 0.2) is 0 Å². The second-order valence-electron chi connectivity index (χ2n) is 16.7. The zero-order valence-electron chi connectivity index (χ0n) is 32.2. The first-order chi connectivity index (χ1) is 28.0. The van der Waals surface area contributed by atoms with Gasteiger partial charge < -0.3 is 0 Å². The fourth-order valence-corrected chi connectivity index (χ4v) is 13.5. The highest BCUT2D eigenvalue weighted by atomic mass is 28.3. The lowest BCUT2D eigenvalue weighted by atomic mass is 9.82. The molecule has 0 nitrogen and oxygen atoms in total. The van der Waals surface area contributed by atoms with Crippen molar-refractivity contribution in [2.24, 2.45) is 0 Å². The summed E-state index contributed by atoms with van der Waals surface area (Å²) < 4.78 is 0. The standard InChI is InChI=1S/C56H40Si/c1-57(2)53-22-12-11-21-46(53)49-33-51-52(34-54(49)57)56(42-26-24-36-14-4-6-16-38(36)30-42)50-32-40(48-31-39-17-7-8-18-43(39)44-19-9-10-20-45(44)48)27-28-47(50)55(51)41-25-23-35-13-3-5-15-37(35)29-41/h3-5,7-15,17-34H,6,16H2,1-2H3. The van der Waals surface area contributed by atoms with Crippen molar-refractivity contribution in [1.82, 2.24) is 0 Å². The van der Waals surface area contributed by atoms with E-state index in [9.17, 15) is 0 Å². The fourth-order valence-electron chi connectivity index (χ4n) is 10.4. The molecule has 0 bridgehead atoms. The van der Waals surface area contributed by atoms with Crippen molar-refractivity contribution in [3.05, 3.63) is 187 Å². The van der Waals surface area contributed by atoms with Crippen molar-refractivity contribution >= 4 is 78.4 Å². The van der Waals surface area contributed by atoms with E-state index in [0.717, 1.165) is 12.8 Å². The van der Waals surface area contributed by atoms with Gasteiger partial charge in [-0.2, -0.15) is 0 Å². The molecule has 0 aromatic heterocycles. The van der Waals surface area contributed by atoms with E-state index in [1.54, 1.807) is 10.4 Å². The number of benzene rings is 10. The Balaban J connectivity index is 1.25. The van der Waals surface area contributed by atoms with Crippen molar-refractivity contribution in [2.75, 3.05) is 0 Å². The summed E-state index contributed by atoms with van der Waals surface area (Å²) in [5, 5.41) is 16.0. The van der Waals surface area contributed by atoms with Crippen molar-refractivity contribution in [3.63, 3.8) is 0 Å². The average molecular weight is 741 g/mol. The molecule has 0 unspecified atom stereocenters. The third kappa shape index (κ3) is 4.86. The summed E-state index contributed by atoms with van der Waals surface area (Å²) in [6.07, 6.45) is 6.79. The number of aryl methyl sites for hydroxylation is 1. The van der Waals surface area contributed by atoms with Crippen molar-refractivity contribution in [2.45, 2.75) is 25.9 Å². The molecule has 268 valence electrons. The van der Waals surface area contributed by atoms with E-state index in [0.29, 0.717) is 0 Å². The molecule has 57 heavy (non-hydrogen) atoms. The van der Waals surface area contributed by atoms with Crippen LogP contribution in [0.4, 0.5) is 0 Å². The zero-order chi connectivity index (χ0) is 37.8. The number of fused-ring (bicyclic) bond motifs is 10. The van der Waals surface area contributed by atoms with E-state index in [-0.39, 0.29) is 0 Å². The van der Waals surface area contributed by atoms with Crippen LogP contribution in [0.25, 0.3) is 104 Å². The minimum atomic E-state index is -1.98. The molecule has 1 heterocycles. The molecule has 0 amide bonds. The van der Waals surface area contributed by atoms with E-state index in [2.05, 4.69) is 195 Å². The quantitative estimate of drug-likeness (QED) is 0.0961. The van der Waals surface area contributed by atoms with E-state index in [1.807, 2.05) is 0 Å². The fraction of sp³-hybridized carbons (Fsp3) is 0.0714. The molecule has 10 aromatic carbocycles. The summed E-state index contributed by atoms with van der Waals surface area (Å²) in [5.74, 6) is 0. The second-order valence-corrected chi connectivity index (χ2v) is 21.1. The van der Waals surface area contributed by atoms with Crippen LogP contribution < -0.4 is 10.4 Å². The van der Waals surface area contributed by atoms with Gasteiger partial charge in [0, 0.05) is 0 Å². The predicted octanol–water partition coefficient (Wildman–Crippen LogP) is 14.2. The van der Waals surface area contributed by atoms with Crippen molar-refractivity contribution in [1.29, 1.82) is 0 Å². The Labute approximate surface area is 334 Å². The Kier molecular flexibility index (Phi) is 7.01. The Morgan fingerprint density at radius 3 is 1.95 bits per heavy atom. The molecule has 0 saturated carbocycles. The van der Waals surface area contributed by atoms with Crippen LogP contribution >= 0.6 is 0 Å². The van der Waals surface area contributed by atoms with Crippen LogP contribution in [0.3, 0.4) is 0 Å². The number of allylic oxidation sites excluding steroid dienone is 1. The third-order valence-corrected chi connectivity index (χ3v) is 16.8. The molecule has 0 atom stereocenters. The Bertz CT molecular complexity index is 3380. The van der Waals surface area contributed by atoms with Crippen LogP contribution in [0.5, 0.6) is 0 Å². The molecule has 1 aliphatic heterocycles. The molecule has 0 saturated heterocycles. The van der Waals surface area contributed by atoms with E-state index >= 15 is 0 Å². The largest absolute Gasteiger partial charge is 0.113 e. The van der Waals surface area contributed by atoms with Crippen LogP contribution in [0.2, 0.25) is 13.1 Å². The topological polar surface area (TPSA) is 0 Å². The highest BCUT2D eigenvalue weighted by molar-refractivity contribution is 7.04. The van der Waals surface area contributed by atoms with Crippen molar-refractivity contribution < 1.29 is 0 Å². The molecule has 2 aliphatic rings. The predicted molar refractivity (Wildman–Crippen MR) is 250 cm³/mol. The Hall–Kier alpha value is -6.54. The first-order valence-corrected chi connectivity index (χ1v) is 23.4. The molecule has 0 radical (unpaired) electrons. The minimum Gasteiger partial charge on any atom is -0.0836 e. The molecule has 0 spiro atoms.